The highest BCUT2D eigenvalue weighted by Gasteiger charge is 2.32. The molecule has 3 atom stereocenters. The molecule has 1 aromatic carbocycles. The van der Waals surface area contributed by atoms with E-state index in [9.17, 15) is 8.42 Å². The Morgan fingerprint density at radius 1 is 1.25 bits per heavy atom. The maximum atomic E-state index is 12.3. The average molecular weight is 292 g/mol. The zero-order chi connectivity index (χ0) is 14.8. The molecular weight excluding hydrogens is 272 g/mol. The quantitative estimate of drug-likeness (QED) is 0.926. The van der Waals surface area contributed by atoms with Crippen LogP contribution in [0.2, 0.25) is 0 Å². The highest BCUT2D eigenvalue weighted by molar-refractivity contribution is 7.89. The average Bonchev–Trinajstić information content (AvgIpc) is 2.71. The summed E-state index contributed by atoms with van der Waals surface area (Å²) >= 11 is 0. The zero-order valence-electron chi connectivity index (χ0n) is 11.8. The van der Waals surface area contributed by atoms with Gasteiger partial charge in [-0.1, -0.05) is 26.0 Å². The van der Waals surface area contributed by atoms with Crippen molar-refractivity contribution in [2.45, 2.75) is 44.0 Å². The van der Waals surface area contributed by atoms with Crippen LogP contribution in [0.5, 0.6) is 0 Å². The molecule has 5 heteroatoms. The van der Waals surface area contributed by atoms with Crippen LogP contribution < -0.4 is 4.72 Å². The van der Waals surface area contributed by atoms with E-state index in [1.54, 1.807) is 24.3 Å². The monoisotopic (exact) mass is 292 g/mol. The van der Waals surface area contributed by atoms with Crippen LogP contribution in [0.3, 0.4) is 0 Å². The maximum Gasteiger partial charge on any atom is 0.240 e. The van der Waals surface area contributed by atoms with Gasteiger partial charge in [-0.25, -0.2) is 13.1 Å². The minimum atomic E-state index is -3.46. The van der Waals surface area contributed by atoms with E-state index >= 15 is 0 Å². The number of sulfonamides is 1. The van der Waals surface area contributed by atoms with Gasteiger partial charge in [0.15, 0.2) is 0 Å². The smallest absolute Gasteiger partial charge is 0.208 e. The summed E-state index contributed by atoms with van der Waals surface area (Å²) in [6.45, 7) is 4.26. The van der Waals surface area contributed by atoms with Gasteiger partial charge >= 0.3 is 0 Å². The van der Waals surface area contributed by atoms with Gasteiger partial charge in [-0.15, -0.1) is 0 Å². The Balaban J connectivity index is 2.12. The Hall–Kier alpha value is -1.38. The first-order valence-corrected chi connectivity index (χ1v) is 8.40. The Kier molecular flexibility index (Phi) is 4.46. The first-order valence-electron chi connectivity index (χ1n) is 6.92. The fraction of sp³-hybridized carbons (Fsp3) is 0.533. The summed E-state index contributed by atoms with van der Waals surface area (Å²) < 4.78 is 27.5. The third-order valence-electron chi connectivity index (χ3n) is 4.29. The number of rotatable bonds is 4. The summed E-state index contributed by atoms with van der Waals surface area (Å²) in [7, 11) is -3.46. The molecule has 0 radical (unpaired) electrons. The second-order valence-corrected chi connectivity index (χ2v) is 7.33. The SMILES string of the molecule is CC1CCC(NS(=O)(=O)c2ccc(CC#N)cc2)C1C. The Labute approximate surface area is 120 Å². The molecule has 0 heterocycles. The third kappa shape index (κ3) is 3.20. The first kappa shape index (κ1) is 15.0. The Bertz CT molecular complexity index is 602. The van der Waals surface area contributed by atoms with Crippen LogP contribution in [-0.2, 0) is 16.4 Å². The first-order chi connectivity index (χ1) is 9.44. The summed E-state index contributed by atoms with van der Waals surface area (Å²) in [5.74, 6) is 0.920. The van der Waals surface area contributed by atoms with Crippen LogP contribution in [0, 0.1) is 23.2 Å². The third-order valence-corrected chi connectivity index (χ3v) is 5.79. The fourth-order valence-corrected chi connectivity index (χ4v) is 4.04. The Morgan fingerprint density at radius 3 is 2.40 bits per heavy atom. The molecule has 0 aromatic heterocycles. The van der Waals surface area contributed by atoms with E-state index in [2.05, 4.69) is 18.6 Å². The van der Waals surface area contributed by atoms with Crippen LogP contribution >= 0.6 is 0 Å². The predicted octanol–water partition coefficient (Wildman–Crippen LogP) is 2.47. The van der Waals surface area contributed by atoms with Gasteiger partial charge in [-0.3, -0.25) is 0 Å². The molecule has 20 heavy (non-hydrogen) atoms. The predicted molar refractivity (Wildman–Crippen MR) is 77.4 cm³/mol. The summed E-state index contributed by atoms with van der Waals surface area (Å²) in [6, 6.07) is 8.59. The molecule has 3 unspecified atom stereocenters. The molecule has 1 fully saturated rings. The van der Waals surface area contributed by atoms with Gasteiger partial charge in [-0.2, -0.15) is 5.26 Å². The number of benzene rings is 1. The van der Waals surface area contributed by atoms with E-state index in [1.807, 2.05) is 6.07 Å². The van der Waals surface area contributed by atoms with Gasteiger partial charge < -0.3 is 0 Å². The molecule has 1 N–H and O–H groups in total. The lowest BCUT2D eigenvalue weighted by molar-refractivity contribution is 0.402. The zero-order valence-corrected chi connectivity index (χ0v) is 12.7. The Morgan fingerprint density at radius 2 is 1.90 bits per heavy atom. The summed E-state index contributed by atoms with van der Waals surface area (Å²) in [4.78, 5) is 0.269. The summed E-state index contributed by atoms with van der Waals surface area (Å²) in [6.07, 6.45) is 2.26. The van der Waals surface area contributed by atoms with Crippen molar-refractivity contribution in [1.29, 1.82) is 5.26 Å². The molecule has 2 rings (SSSR count). The molecular formula is C15H20N2O2S. The number of nitriles is 1. The van der Waals surface area contributed by atoms with Crippen molar-refractivity contribution in [2.75, 3.05) is 0 Å². The van der Waals surface area contributed by atoms with Crippen LogP contribution in [0.1, 0.15) is 32.3 Å². The highest BCUT2D eigenvalue weighted by Crippen LogP contribution is 2.32. The van der Waals surface area contributed by atoms with Crippen LogP contribution in [0.4, 0.5) is 0 Å². The van der Waals surface area contributed by atoms with Crippen molar-refractivity contribution in [3.8, 4) is 6.07 Å². The van der Waals surface area contributed by atoms with Crippen molar-refractivity contribution in [1.82, 2.24) is 4.72 Å². The lowest BCUT2D eigenvalue weighted by Gasteiger charge is -2.19. The fourth-order valence-electron chi connectivity index (χ4n) is 2.68. The number of hydrogen-bond donors (Lipinski definition) is 1. The largest absolute Gasteiger partial charge is 0.240 e. The second kappa shape index (κ2) is 5.94. The van der Waals surface area contributed by atoms with Crippen LogP contribution in [0.25, 0.3) is 0 Å². The number of nitrogens with one attached hydrogen (secondary N) is 1. The minimum Gasteiger partial charge on any atom is -0.208 e. The molecule has 0 spiro atoms. The van der Waals surface area contributed by atoms with E-state index < -0.39 is 10.0 Å². The number of nitrogens with zero attached hydrogens (tertiary/aromatic N) is 1. The van der Waals surface area contributed by atoms with E-state index in [4.69, 9.17) is 5.26 Å². The van der Waals surface area contributed by atoms with Crippen molar-refractivity contribution < 1.29 is 8.42 Å². The van der Waals surface area contributed by atoms with E-state index in [1.165, 1.54) is 0 Å². The topological polar surface area (TPSA) is 70.0 Å². The van der Waals surface area contributed by atoms with E-state index in [0.717, 1.165) is 18.4 Å². The normalized spacial score (nSPS) is 26.4. The van der Waals surface area contributed by atoms with E-state index in [-0.39, 0.29) is 10.9 Å². The molecule has 0 amide bonds. The maximum absolute atomic E-state index is 12.3. The van der Waals surface area contributed by atoms with Crippen LogP contribution in [0.15, 0.2) is 29.2 Å². The van der Waals surface area contributed by atoms with Gasteiger partial charge in [0.05, 0.1) is 17.4 Å². The summed E-state index contributed by atoms with van der Waals surface area (Å²) in [5, 5.41) is 8.61. The molecule has 4 nitrogen and oxygen atoms in total. The molecule has 0 bridgehead atoms. The molecule has 0 saturated heterocycles. The van der Waals surface area contributed by atoms with E-state index in [0.29, 0.717) is 18.3 Å². The van der Waals surface area contributed by atoms with Gasteiger partial charge in [0, 0.05) is 6.04 Å². The highest BCUT2D eigenvalue weighted by atomic mass is 32.2. The van der Waals surface area contributed by atoms with Gasteiger partial charge in [-0.05, 0) is 42.4 Å². The van der Waals surface area contributed by atoms with Crippen molar-refractivity contribution in [3.05, 3.63) is 29.8 Å². The lowest BCUT2D eigenvalue weighted by atomic mass is 9.98. The van der Waals surface area contributed by atoms with Gasteiger partial charge in [0.2, 0.25) is 10.0 Å². The molecule has 0 aliphatic heterocycles. The molecule has 1 aromatic rings. The van der Waals surface area contributed by atoms with Gasteiger partial charge in [0.1, 0.15) is 0 Å². The van der Waals surface area contributed by atoms with Crippen molar-refractivity contribution in [2.24, 2.45) is 11.8 Å². The standard InChI is InChI=1S/C15H20N2O2S/c1-11-3-8-15(12(11)2)17-20(18,19)14-6-4-13(5-7-14)9-10-16/h4-7,11-12,15,17H,3,8-9H2,1-2H3. The van der Waals surface area contributed by atoms with Crippen molar-refractivity contribution in [3.63, 3.8) is 0 Å². The summed E-state index contributed by atoms with van der Waals surface area (Å²) in [5.41, 5.74) is 0.828. The van der Waals surface area contributed by atoms with Crippen LogP contribution in [-0.4, -0.2) is 14.5 Å². The molecule has 1 aliphatic carbocycles. The molecule has 1 saturated carbocycles. The van der Waals surface area contributed by atoms with Crippen molar-refractivity contribution >= 4 is 10.0 Å². The lowest BCUT2D eigenvalue weighted by Crippen LogP contribution is -2.37. The minimum absolute atomic E-state index is 0.0220. The van der Waals surface area contributed by atoms with Gasteiger partial charge in [0.25, 0.3) is 0 Å². The number of hydrogen-bond acceptors (Lipinski definition) is 3. The molecule has 1 aliphatic rings. The second-order valence-electron chi connectivity index (χ2n) is 5.62. The molecule has 108 valence electrons.